The van der Waals surface area contributed by atoms with E-state index in [1.165, 1.54) is 88.3 Å². The molecule has 0 saturated heterocycles. The number of unbranched alkanes of at least 4 members (excludes halogenated alkanes) is 5. The Hall–Kier alpha value is -1.77. The van der Waals surface area contributed by atoms with Crippen molar-refractivity contribution in [2.24, 2.45) is 5.92 Å². The molecule has 0 N–H and O–H groups in total. The van der Waals surface area contributed by atoms with Gasteiger partial charge in [-0.2, -0.15) is 0 Å². The maximum Gasteiger partial charge on any atom is 0.282 e. The van der Waals surface area contributed by atoms with Crippen LogP contribution in [0.3, 0.4) is 0 Å². The molecule has 0 aromatic heterocycles. The fraction of sp³-hybridized carbons (Fsp3) is 0.613. The standard InChI is InChI=1S/C31H43F3/c1-3-5-6-7-8-9-10-24-11-13-25(14-12-24)26-15-17-27(18-16-26)28-19-21-29(22-20-28)30(32)31(33,34)23-4-2/h15-22,24-25,30H,3-14,23H2,1-2H3/t24-,25-,30?. The van der Waals surface area contributed by atoms with Crippen LogP contribution in [-0.4, -0.2) is 5.92 Å². The molecule has 0 amide bonds. The van der Waals surface area contributed by atoms with Crippen molar-refractivity contribution in [1.82, 2.24) is 0 Å². The van der Waals surface area contributed by atoms with Crippen LogP contribution in [0.1, 0.15) is 121 Å². The van der Waals surface area contributed by atoms with E-state index >= 15 is 0 Å². The third kappa shape index (κ3) is 7.62. The highest BCUT2D eigenvalue weighted by atomic mass is 19.3. The monoisotopic (exact) mass is 472 g/mol. The van der Waals surface area contributed by atoms with Crippen LogP contribution < -0.4 is 0 Å². The fourth-order valence-electron chi connectivity index (χ4n) is 5.49. The van der Waals surface area contributed by atoms with E-state index < -0.39 is 18.5 Å². The summed E-state index contributed by atoms with van der Waals surface area (Å²) in [6, 6.07) is 15.2. The molecule has 2 aromatic carbocycles. The molecule has 0 bridgehead atoms. The Morgan fingerprint density at radius 1 is 0.735 bits per heavy atom. The molecular formula is C31H43F3. The Morgan fingerprint density at radius 2 is 1.29 bits per heavy atom. The van der Waals surface area contributed by atoms with Crippen molar-refractivity contribution in [1.29, 1.82) is 0 Å². The third-order valence-corrected chi connectivity index (χ3v) is 7.69. The van der Waals surface area contributed by atoms with E-state index in [1.54, 1.807) is 19.1 Å². The molecule has 3 rings (SSSR count). The van der Waals surface area contributed by atoms with E-state index in [4.69, 9.17) is 0 Å². The van der Waals surface area contributed by atoms with Gasteiger partial charge in [-0.05, 0) is 59.8 Å². The van der Waals surface area contributed by atoms with Crippen molar-refractivity contribution in [3.8, 4) is 11.1 Å². The van der Waals surface area contributed by atoms with Crippen molar-refractivity contribution < 1.29 is 13.2 Å². The second kappa shape index (κ2) is 13.4. The Morgan fingerprint density at radius 3 is 1.88 bits per heavy atom. The van der Waals surface area contributed by atoms with Gasteiger partial charge in [0.2, 0.25) is 0 Å². The Kier molecular flexibility index (Phi) is 10.5. The van der Waals surface area contributed by atoms with Gasteiger partial charge in [0.15, 0.2) is 6.17 Å². The van der Waals surface area contributed by atoms with Gasteiger partial charge in [-0.1, -0.05) is 114 Å². The summed E-state index contributed by atoms with van der Waals surface area (Å²) >= 11 is 0. The maximum absolute atomic E-state index is 14.3. The van der Waals surface area contributed by atoms with Crippen molar-refractivity contribution in [3.63, 3.8) is 0 Å². The van der Waals surface area contributed by atoms with Gasteiger partial charge >= 0.3 is 0 Å². The number of benzene rings is 2. The molecule has 0 nitrogen and oxygen atoms in total. The molecule has 1 unspecified atom stereocenters. The van der Waals surface area contributed by atoms with Crippen molar-refractivity contribution in [3.05, 3.63) is 59.7 Å². The summed E-state index contributed by atoms with van der Waals surface area (Å²) in [6.45, 7) is 3.92. The summed E-state index contributed by atoms with van der Waals surface area (Å²) in [6.07, 6.45) is 12.5. The maximum atomic E-state index is 14.3. The molecule has 0 radical (unpaired) electrons. The summed E-state index contributed by atoms with van der Waals surface area (Å²) in [7, 11) is 0. The largest absolute Gasteiger partial charge is 0.282 e. The van der Waals surface area contributed by atoms with E-state index in [-0.39, 0.29) is 12.0 Å². The van der Waals surface area contributed by atoms with Crippen molar-refractivity contribution >= 4 is 0 Å². The molecule has 2 aromatic rings. The fourth-order valence-corrected chi connectivity index (χ4v) is 5.49. The van der Waals surface area contributed by atoms with Gasteiger partial charge in [-0.15, -0.1) is 0 Å². The molecule has 1 aliphatic carbocycles. The van der Waals surface area contributed by atoms with E-state index in [2.05, 4.69) is 31.2 Å². The summed E-state index contributed by atoms with van der Waals surface area (Å²) in [5.41, 5.74) is 3.43. The lowest BCUT2D eigenvalue weighted by Crippen LogP contribution is -2.22. The van der Waals surface area contributed by atoms with Gasteiger partial charge in [0.05, 0.1) is 0 Å². The predicted octanol–water partition coefficient (Wildman–Crippen LogP) is 10.8. The van der Waals surface area contributed by atoms with Gasteiger partial charge in [-0.3, -0.25) is 0 Å². The highest BCUT2D eigenvalue weighted by Crippen LogP contribution is 2.40. The molecular weight excluding hydrogens is 429 g/mol. The Balaban J connectivity index is 1.48. The smallest absolute Gasteiger partial charge is 0.236 e. The van der Waals surface area contributed by atoms with Gasteiger partial charge in [0.25, 0.3) is 5.92 Å². The first-order valence-electron chi connectivity index (χ1n) is 13.7. The zero-order valence-electron chi connectivity index (χ0n) is 21.2. The average Bonchev–Trinajstić information content (AvgIpc) is 2.86. The topological polar surface area (TPSA) is 0 Å². The van der Waals surface area contributed by atoms with Crippen LogP contribution >= 0.6 is 0 Å². The molecule has 1 fully saturated rings. The average molecular weight is 473 g/mol. The second-order valence-electron chi connectivity index (χ2n) is 10.4. The Labute approximate surface area is 205 Å². The first-order valence-corrected chi connectivity index (χ1v) is 13.7. The summed E-state index contributed by atoms with van der Waals surface area (Å²) < 4.78 is 42.1. The lowest BCUT2D eigenvalue weighted by atomic mass is 9.77. The van der Waals surface area contributed by atoms with Crippen molar-refractivity contribution in [2.45, 2.75) is 115 Å². The highest BCUT2D eigenvalue weighted by molar-refractivity contribution is 5.64. The van der Waals surface area contributed by atoms with Gasteiger partial charge in [0, 0.05) is 6.42 Å². The molecule has 188 valence electrons. The van der Waals surface area contributed by atoms with Crippen LogP contribution in [0.5, 0.6) is 0 Å². The number of hydrogen-bond donors (Lipinski definition) is 0. The summed E-state index contributed by atoms with van der Waals surface area (Å²) in [4.78, 5) is 0. The zero-order valence-corrected chi connectivity index (χ0v) is 21.2. The third-order valence-electron chi connectivity index (χ3n) is 7.69. The van der Waals surface area contributed by atoms with Crippen LogP contribution in [-0.2, 0) is 0 Å². The van der Waals surface area contributed by atoms with E-state index in [1.807, 2.05) is 0 Å². The molecule has 0 aliphatic heterocycles. The summed E-state index contributed by atoms with van der Waals surface area (Å²) in [5, 5.41) is 0. The summed E-state index contributed by atoms with van der Waals surface area (Å²) in [5.74, 6) is -1.76. The van der Waals surface area contributed by atoms with Crippen molar-refractivity contribution in [2.75, 3.05) is 0 Å². The lowest BCUT2D eigenvalue weighted by molar-refractivity contribution is -0.0807. The van der Waals surface area contributed by atoms with Gasteiger partial charge < -0.3 is 0 Å². The van der Waals surface area contributed by atoms with Crippen LogP contribution in [0.25, 0.3) is 11.1 Å². The van der Waals surface area contributed by atoms with Crippen LogP contribution in [0, 0.1) is 5.92 Å². The minimum Gasteiger partial charge on any atom is -0.236 e. The number of halogens is 3. The zero-order chi connectivity index (χ0) is 24.4. The normalized spacial score (nSPS) is 19.8. The molecule has 0 spiro atoms. The quantitative estimate of drug-likeness (QED) is 0.254. The molecule has 3 heteroatoms. The number of alkyl halides is 3. The second-order valence-corrected chi connectivity index (χ2v) is 10.4. The van der Waals surface area contributed by atoms with E-state index in [0.717, 1.165) is 17.0 Å². The predicted molar refractivity (Wildman–Crippen MR) is 138 cm³/mol. The van der Waals surface area contributed by atoms with Crippen LogP contribution in [0.15, 0.2) is 48.5 Å². The first-order chi connectivity index (χ1) is 16.4. The lowest BCUT2D eigenvalue weighted by Gasteiger charge is -2.29. The first kappa shape index (κ1) is 26.8. The minimum atomic E-state index is -3.31. The molecule has 1 aliphatic rings. The SMILES string of the molecule is CCCCCCCC[C@H]1CC[C@H](c2ccc(-c3ccc(C(F)C(F)(F)CCC)cc3)cc2)CC1. The Bertz CT molecular complexity index is 817. The molecule has 1 saturated carbocycles. The number of rotatable bonds is 13. The van der Waals surface area contributed by atoms with Crippen LogP contribution in [0.2, 0.25) is 0 Å². The van der Waals surface area contributed by atoms with Gasteiger partial charge in [0.1, 0.15) is 0 Å². The number of hydrogen-bond acceptors (Lipinski definition) is 0. The van der Waals surface area contributed by atoms with Gasteiger partial charge in [-0.25, -0.2) is 13.2 Å². The van der Waals surface area contributed by atoms with E-state index in [9.17, 15) is 13.2 Å². The van der Waals surface area contributed by atoms with E-state index in [0.29, 0.717) is 5.92 Å². The molecule has 0 heterocycles. The molecule has 1 atom stereocenters. The molecule has 34 heavy (non-hydrogen) atoms. The minimum absolute atomic E-state index is 0.0524. The highest BCUT2D eigenvalue weighted by Gasteiger charge is 2.39. The van der Waals surface area contributed by atoms with Crippen LogP contribution in [0.4, 0.5) is 13.2 Å².